The van der Waals surface area contributed by atoms with E-state index < -0.39 is 0 Å². The zero-order valence-electron chi connectivity index (χ0n) is 19.1. The third-order valence-corrected chi connectivity index (χ3v) is 5.38. The van der Waals surface area contributed by atoms with Gasteiger partial charge in [-0.25, -0.2) is 0 Å². The van der Waals surface area contributed by atoms with E-state index in [2.05, 4.69) is 29.3 Å². The molecule has 2 aliphatic heterocycles. The fraction of sp³-hybridized carbons (Fsp3) is 0.696. The Morgan fingerprint density at radius 3 is 2.58 bits per heavy atom. The van der Waals surface area contributed by atoms with Crippen LogP contribution in [0.15, 0.2) is 23.2 Å². The third kappa shape index (κ3) is 7.68. The average molecular weight is 547 g/mol. The predicted molar refractivity (Wildman–Crippen MR) is 134 cm³/mol. The van der Waals surface area contributed by atoms with Gasteiger partial charge < -0.3 is 29.2 Å². The van der Waals surface area contributed by atoms with Crippen molar-refractivity contribution in [1.29, 1.82) is 0 Å². The first-order valence-corrected chi connectivity index (χ1v) is 11.4. The number of morpholine rings is 1. The van der Waals surface area contributed by atoms with E-state index in [1.807, 2.05) is 19.9 Å². The topological polar surface area (TPSA) is 64.6 Å². The van der Waals surface area contributed by atoms with Crippen molar-refractivity contribution in [3.8, 4) is 11.5 Å². The Morgan fingerprint density at radius 1 is 1.10 bits per heavy atom. The zero-order chi connectivity index (χ0) is 21.2. The van der Waals surface area contributed by atoms with Crippen molar-refractivity contribution in [2.45, 2.75) is 52.2 Å². The Morgan fingerprint density at radius 2 is 1.87 bits per heavy atom. The fourth-order valence-electron chi connectivity index (χ4n) is 3.96. The van der Waals surface area contributed by atoms with Crippen LogP contribution in [0.1, 0.15) is 39.2 Å². The molecule has 0 spiro atoms. The molecule has 2 heterocycles. The van der Waals surface area contributed by atoms with Crippen LogP contribution in [0.2, 0.25) is 0 Å². The van der Waals surface area contributed by atoms with Gasteiger partial charge in [-0.3, -0.25) is 4.99 Å². The molecular formula is C23H38IN3O4. The zero-order valence-corrected chi connectivity index (χ0v) is 21.4. The van der Waals surface area contributed by atoms with Gasteiger partial charge in [-0.15, -0.1) is 24.0 Å². The third-order valence-electron chi connectivity index (χ3n) is 5.38. The van der Waals surface area contributed by atoms with Crippen LogP contribution in [0.3, 0.4) is 0 Å². The minimum Gasteiger partial charge on any atom is -0.490 e. The summed E-state index contributed by atoms with van der Waals surface area (Å²) >= 11 is 0. The molecule has 0 saturated carbocycles. The van der Waals surface area contributed by atoms with Crippen LogP contribution in [0, 0.1) is 0 Å². The van der Waals surface area contributed by atoms with E-state index in [9.17, 15) is 0 Å². The number of hydrogen-bond donors (Lipinski definition) is 1. The number of guanidine groups is 1. The average Bonchev–Trinajstić information content (AvgIpc) is 3.30. The van der Waals surface area contributed by atoms with Gasteiger partial charge in [0.25, 0.3) is 0 Å². The summed E-state index contributed by atoms with van der Waals surface area (Å²) < 4.78 is 23.2. The van der Waals surface area contributed by atoms with E-state index in [1.54, 1.807) is 0 Å². The van der Waals surface area contributed by atoms with E-state index in [1.165, 1.54) is 5.56 Å². The number of hydrogen-bond acceptors (Lipinski definition) is 5. The van der Waals surface area contributed by atoms with Crippen LogP contribution in [-0.2, 0) is 15.9 Å². The molecule has 7 nitrogen and oxygen atoms in total. The Bertz CT molecular complexity index is 683. The maximum absolute atomic E-state index is 5.99. The normalized spacial score (nSPS) is 21.5. The molecule has 0 radical (unpaired) electrons. The Hall–Kier alpha value is -1.26. The quantitative estimate of drug-likeness (QED) is 0.290. The molecule has 2 aliphatic rings. The first-order valence-electron chi connectivity index (χ1n) is 11.4. The number of nitrogens with zero attached hydrogens (tertiary/aromatic N) is 2. The molecule has 2 saturated heterocycles. The second-order valence-corrected chi connectivity index (χ2v) is 7.54. The smallest absolute Gasteiger partial charge is 0.194 e. The summed E-state index contributed by atoms with van der Waals surface area (Å²) in [4.78, 5) is 7.20. The molecule has 0 amide bonds. The van der Waals surface area contributed by atoms with Crippen molar-refractivity contribution in [2.75, 3.05) is 52.6 Å². The lowest BCUT2D eigenvalue weighted by Gasteiger charge is -2.37. The minimum absolute atomic E-state index is 0. The molecule has 8 heteroatoms. The van der Waals surface area contributed by atoms with Gasteiger partial charge in [0.2, 0.25) is 0 Å². The lowest BCUT2D eigenvalue weighted by Crippen LogP contribution is -2.53. The van der Waals surface area contributed by atoms with E-state index >= 15 is 0 Å². The summed E-state index contributed by atoms with van der Waals surface area (Å²) in [6.07, 6.45) is 3.42. The lowest BCUT2D eigenvalue weighted by atomic mass is 10.1. The Labute approximate surface area is 203 Å². The fourth-order valence-corrected chi connectivity index (χ4v) is 3.96. The van der Waals surface area contributed by atoms with Crippen molar-refractivity contribution in [1.82, 2.24) is 10.2 Å². The second-order valence-electron chi connectivity index (χ2n) is 7.54. The number of ether oxygens (including phenoxy) is 4. The predicted octanol–water partition coefficient (Wildman–Crippen LogP) is 3.49. The molecule has 2 fully saturated rings. The van der Waals surface area contributed by atoms with Crippen LogP contribution in [0.25, 0.3) is 0 Å². The summed E-state index contributed by atoms with van der Waals surface area (Å²) in [6, 6.07) is 6.16. The van der Waals surface area contributed by atoms with Crippen LogP contribution in [-0.4, -0.2) is 75.7 Å². The molecule has 1 aromatic carbocycles. The van der Waals surface area contributed by atoms with Crippen molar-refractivity contribution in [3.05, 3.63) is 23.8 Å². The summed E-state index contributed by atoms with van der Waals surface area (Å²) in [5.41, 5.74) is 1.20. The first kappa shape index (κ1) is 26.0. The van der Waals surface area contributed by atoms with Crippen molar-refractivity contribution in [3.63, 3.8) is 0 Å². The van der Waals surface area contributed by atoms with Gasteiger partial charge >= 0.3 is 0 Å². The second kappa shape index (κ2) is 14.0. The molecule has 31 heavy (non-hydrogen) atoms. The summed E-state index contributed by atoms with van der Waals surface area (Å²) in [6.45, 7) is 12.1. The minimum atomic E-state index is 0. The van der Waals surface area contributed by atoms with Crippen molar-refractivity contribution < 1.29 is 18.9 Å². The number of aliphatic imine (C=N–C) groups is 1. The highest BCUT2D eigenvalue weighted by molar-refractivity contribution is 14.0. The maximum Gasteiger partial charge on any atom is 0.194 e. The van der Waals surface area contributed by atoms with Crippen molar-refractivity contribution in [2.24, 2.45) is 4.99 Å². The number of rotatable bonds is 9. The monoisotopic (exact) mass is 547 g/mol. The van der Waals surface area contributed by atoms with E-state index in [-0.39, 0.29) is 36.2 Å². The first-order chi connectivity index (χ1) is 14.7. The van der Waals surface area contributed by atoms with Gasteiger partial charge in [-0.2, -0.15) is 0 Å². The van der Waals surface area contributed by atoms with Gasteiger partial charge in [0.05, 0.1) is 25.9 Å². The number of nitrogens with one attached hydrogen (secondary N) is 1. The van der Waals surface area contributed by atoms with Crippen LogP contribution < -0.4 is 14.8 Å². The largest absolute Gasteiger partial charge is 0.490 e. The van der Waals surface area contributed by atoms with Gasteiger partial charge in [-0.1, -0.05) is 6.07 Å². The SMILES string of the molecule is CCNC(=NCCc1ccc(OCC)c(OCC)c1)N1CCOC(C2CCCO2)C1.I. The summed E-state index contributed by atoms with van der Waals surface area (Å²) in [7, 11) is 0. The molecule has 0 bridgehead atoms. The van der Waals surface area contributed by atoms with Gasteiger partial charge in [0, 0.05) is 32.8 Å². The number of benzene rings is 1. The molecule has 176 valence electrons. The van der Waals surface area contributed by atoms with Crippen LogP contribution in [0.4, 0.5) is 0 Å². The molecular weight excluding hydrogens is 509 g/mol. The highest BCUT2D eigenvalue weighted by Gasteiger charge is 2.32. The summed E-state index contributed by atoms with van der Waals surface area (Å²) in [5, 5.41) is 3.44. The molecule has 3 rings (SSSR count). The van der Waals surface area contributed by atoms with Crippen LogP contribution >= 0.6 is 24.0 Å². The van der Waals surface area contributed by atoms with Gasteiger partial charge in [0.1, 0.15) is 6.10 Å². The van der Waals surface area contributed by atoms with E-state index in [0.29, 0.717) is 26.4 Å². The molecule has 1 aromatic rings. The molecule has 0 aromatic heterocycles. The Kier molecular flexibility index (Phi) is 11.7. The van der Waals surface area contributed by atoms with Gasteiger partial charge in [-0.05, 0) is 57.7 Å². The Balaban J connectivity index is 0.00000341. The van der Waals surface area contributed by atoms with E-state index in [0.717, 1.165) is 63.0 Å². The lowest BCUT2D eigenvalue weighted by molar-refractivity contribution is -0.0817. The van der Waals surface area contributed by atoms with Gasteiger partial charge in [0.15, 0.2) is 17.5 Å². The highest BCUT2D eigenvalue weighted by atomic mass is 127. The summed E-state index contributed by atoms with van der Waals surface area (Å²) in [5.74, 6) is 2.56. The van der Waals surface area contributed by atoms with Crippen molar-refractivity contribution >= 4 is 29.9 Å². The molecule has 1 N–H and O–H groups in total. The standard InChI is InChI=1S/C23H37N3O4.HI/c1-4-24-23(26-13-15-30-22(17-26)19-8-7-14-29-19)25-12-11-18-9-10-20(27-5-2)21(16-18)28-6-3;/h9-10,16,19,22H,4-8,11-15,17H2,1-3H3,(H,24,25);1H. The van der Waals surface area contributed by atoms with E-state index in [4.69, 9.17) is 23.9 Å². The molecule has 2 atom stereocenters. The maximum atomic E-state index is 5.99. The molecule has 2 unspecified atom stereocenters. The number of halogens is 1. The van der Waals surface area contributed by atoms with Crippen LogP contribution in [0.5, 0.6) is 11.5 Å². The highest BCUT2D eigenvalue weighted by Crippen LogP contribution is 2.28. The molecule has 0 aliphatic carbocycles.